The van der Waals surface area contributed by atoms with E-state index in [1.807, 2.05) is 12.1 Å². The smallest absolute Gasteiger partial charge is 0.328 e. The first-order valence-corrected chi connectivity index (χ1v) is 7.51. The summed E-state index contributed by atoms with van der Waals surface area (Å²) in [7, 11) is 0. The van der Waals surface area contributed by atoms with E-state index >= 15 is 0 Å². The van der Waals surface area contributed by atoms with Gasteiger partial charge in [-0.25, -0.2) is 4.79 Å². The molecule has 0 bridgehead atoms. The van der Waals surface area contributed by atoms with E-state index in [-0.39, 0.29) is 6.42 Å². The van der Waals surface area contributed by atoms with Gasteiger partial charge in [-0.1, -0.05) is 19.1 Å². The topological polar surface area (TPSA) is 78.5 Å². The van der Waals surface area contributed by atoms with Crippen molar-refractivity contribution >= 4 is 23.5 Å². The van der Waals surface area contributed by atoms with Crippen LogP contribution in [0.4, 0.5) is 10.5 Å². The van der Waals surface area contributed by atoms with Crippen molar-refractivity contribution in [1.29, 1.82) is 0 Å². The average Bonchev–Trinajstić information content (AvgIpc) is 2.50. The van der Waals surface area contributed by atoms with Crippen LogP contribution < -0.4 is 15.5 Å². The van der Waals surface area contributed by atoms with Crippen LogP contribution in [0.15, 0.2) is 24.3 Å². The number of anilines is 1. The maximum atomic E-state index is 12.3. The summed E-state index contributed by atoms with van der Waals surface area (Å²) >= 11 is 0. The maximum absolute atomic E-state index is 12.3. The molecule has 0 aliphatic carbocycles. The van der Waals surface area contributed by atoms with Gasteiger partial charge in [-0.2, -0.15) is 0 Å². The Hall–Kier alpha value is -2.37. The van der Waals surface area contributed by atoms with Crippen LogP contribution in [0.2, 0.25) is 0 Å². The van der Waals surface area contributed by atoms with Crippen molar-refractivity contribution in [3.63, 3.8) is 0 Å². The van der Waals surface area contributed by atoms with Gasteiger partial charge in [0.2, 0.25) is 11.8 Å². The van der Waals surface area contributed by atoms with Crippen molar-refractivity contribution in [2.75, 3.05) is 18.0 Å². The molecule has 22 heavy (non-hydrogen) atoms. The van der Waals surface area contributed by atoms with Crippen molar-refractivity contribution in [2.45, 2.75) is 32.6 Å². The Balaban J connectivity index is 2.41. The molecule has 1 heterocycles. The van der Waals surface area contributed by atoms with Gasteiger partial charge in [-0.3, -0.25) is 20.2 Å². The number of hydrogen-bond donors (Lipinski definition) is 2. The molecule has 6 heteroatoms. The molecule has 1 fully saturated rings. The molecule has 2 rings (SSSR count). The molecule has 0 radical (unpaired) electrons. The predicted octanol–water partition coefficient (Wildman–Crippen LogP) is 1.55. The summed E-state index contributed by atoms with van der Waals surface area (Å²) in [5, 5.41) is 4.38. The molecule has 0 saturated carbocycles. The fraction of sp³-hybridized carbons (Fsp3) is 0.438. The van der Waals surface area contributed by atoms with Crippen LogP contribution in [-0.2, 0) is 15.0 Å². The van der Waals surface area contributed by atoms with Crippen LogP contribution >= 0.6 is 0 Å². The molecule has 0 spiro atoms. The first kappa shape index (κ1) is 16.0. The fourth-order valence-corrected chi connectivity index (χ4v) is 2.89. The van der Waals surface area contributed by atoms with Gasteiger partial charge in [-0.05, 0) is 38.0 Å². The zero-order valence-corrected chi connectivity index (χ0v) is 13.1. The summed E-state index contributed by atoms with van der Waals surface area (Å²) in [6.45, 7) is 7.65. The molecule has 6 nitrogen and oxygen atoms in total. The zero-order valence-electron chi connectivity index (χ0n) is 13.1. The maximum Gasteiger partial charge on any atom is 0.328 e. The minimum atomic E-state index is -1.35. The summed E-state index contributed by atoms with van der Waals surface area (Å²) < 4.78 is 0. The summed E-state index contributed by atoms with van der Waals surface area (Å²) in [5.74, 6) is -1.14. The number of rotatable bonds is 5. The summed E-state index contributed by atoms with van der Waals surface area (Å²) in [6.07, 6.45) is 0.280. The number of nitrogens with one attached hydrogen (secondary N) is 2. The third-order valence-electron chi connectivity index (χ3n) is 4.25. The molecule has 1 aliphatic heterocycles. The normalized spacial score (nSPS) is 17.0. The molecule has 1 aromatic carbocycles. The van der Waals surface area contributed by atoms with Crippen LogP contribution in [0.25, 0.3) is 0 Å². The van der Waals surface area contributed by atoms with Gasteiger partial charge in [0, 0.05) is 18.8 Å². The number of hydrogen-bond acceptors (Lipinski definition) is 4. The van der Waals surface area contributed by atoms with Gasteiger partial charge >= 0.3 is 6.03 Å². The van der Waals surface area contributed by atoms with E-state index in [0.717, 1.165) is 18.8 Å². The molecule has 0 atom stereocenters. The van der Waals surface area contributed by atoms with E-state index in [4.69, 9.17) is 0 Å². The highest BCUT2D eigenvalue weighted by Gasteiger charge is 2.50. The minimum Gasteiger partial charge on any atom is -0.372 e. The molecule has 1 aromatic rings. The standard InChI is InChI=1S/C16H21N3O3/c1-4-16(13(20)17-15(22)18-14(16)21)11-7-9-12(10-8-11)19(5-2)6-3/h7-10H,4-6H2,1-3H3,(H2,17,18,20,21,22). The van der Waals surface area contributed by atoms with E-state index in [0.29, 0.717) is 5.56 Å². The lowest BCUT2D eigenvalue weighted by Gasteiger charge is -2.33. The third-order valence-corrected chi connectivity index (χ3v) is 4.25. The molecular formula is C16H21N3O3. The molecule has 4 amide bonds. The first-order valence-electron chi connectivity index (χ1n) is 7.51. The summed E-state index contributed by atoms with van der Waals surface area (Å²) in [5.41, 5.74) is 0.275. The second-order valence-electron chi connectivity index (χ2n) is 5.22. The molecule has 0 unspecified atom stereocenters. The van der Waals surface area contributed by atoms with E-state index in [9.17, 15) is 14.4 Å². The van der Waals surface area contributed by atoms with E-state index < -0.39 is 23.3 Å². The lowest BCUT2D eigenvalue weighted by Crippen LogP contribution is -2.64. The Bertz CT molecular complexity index is 571. The monoisotopic (exact) mass is 303 g/mol. The van der Waals surface area contributed by atoms with Crippen molar-refractivity contribution in [1.82, 2.24) is 10.6 Å². The fourth-order valence-electron chi connectivity index (χ4n) is 2.89. The van der Waals surface area contributed by atoms with Gasteiger partial charge in [-0.15, -0.1) is 0 Å². The number of carbonyl (C=O) groups excluding carboxylic acids is 3. The Morgan fingerprint density at radius 3 is 1.82 bits per heavy atom. The second-order valence-corrected chi connectivity index (χ2v) is 5.22. The van der Waals surface area contributed by atoms with Crippen LogP contribution in [0.5, 0.6) is 0 Å². The zero-order chi connectivity index (χ0) is 16.3. The van der Waals surface area contributed by atoms with Crippen LogP contribution in [0.1, 0.15) is 32.8 Å². The largest absolute Gasteiger partial charge is 0.372 e. The van der Waals surface area contributed by atoms with Crippen molar-refractivity contribution in [3.05, 3.63) is 29.8 Å². The number of barbiturate groups is 1. The van der Waals surface area contributed by atoms with Crippen molar-refractivity contribution < 1.29 is 14.4 Å². The molecule has 118 valence electrons. The molecule has 2 N–H and O–H groups in total. The van der Waals surface area contributed by atoms with Crippen LogP contribution in [-0.4, -0.2) is 30.9 Å². The molecule has 1 saturated heterocycles. The Kier molecular flexibility index (Phi) is 4.49. The predicted molar refractivity (Wildman–Crippen MR) is 83.7 cm³/mol. The highest BCUT2D eigenvalue weighted by molar-refractivity contribution is 6.22. The third kappa shape index (κ3) is 2.45. The summed E-state index contributed by atoms with van der Waals surface area (Å²) in [4.78, 5) is 38.0. The Morgan fingerprint density at radius 1 is 0.909 bits per heavy atom. The number of benzene rings is 1. The first-order chi connectivity index (χ1) is 10.5. The molecular weight excluding hydrogens is 282 g/mol. The molecule has 1 aliphatic rings. The second kappa shape index (κ2) is 6.17. The minimum absolute atomic E-state index is 0.280. The van der Waals surface area contributed by atoms with E-state index in [1.54, 1.807) is 19.1 Å². The quantitative estimate of drug-likeness (QED) is 0.809. The SMILES string of the molecule is CCN(CC)c1ccc(C2(CC)C(=O)NC(=O)NC2=O)cc1. The number of amides is 4. The summed E-state index contributed by atoms with van der Waals surface area (Å²) in [6, 6.07) is 6.60. The number of imide groups is 2. The Labute approximate surface area is 129 Å². The lowest BCUT2D eigenvalue weighted by atomic mass is 9.75. The van der Waals surface area contributed by atoms with Gasteiger partial charge in [0.1, 0.15) is 0 Å². The number of urea groups is 1. The van der Waals surface area contributed by atoms with Gasteiger partial charge in [0.05, 0.1) is 0 Å². The van der Waals surface area contributed by atoms with Crippen molar-refractivity contribution in [3.8, 4) is 0 Å². The van der Waals surface area contributed by atoms with Gasteiger partial charge in [0.25, 0.3) is 0 Å². The highest BCUT2D eigenvalue weighted by Crippen LogP contribution is 2.32. The lowest BCUT2D eigenvalue weighted by molar-refractivity contribution is -0.138. The van der Waals surface area contributed by atoms with Gasteiger partial charge < -0.3 is 4.90 Å². The average molecular weight is 303 g/mol. The van der Waals surface area contributed by atoms with Crippen LogP contribution in [0.3, 0.4) is 0 Å². The number of nitrogens with zero attached hydrogens (tertiary/aromatic N) is 1. The van der Waals surface area contributed by atoms with Crippen molar-refractivity contribution in [2.24, 2.45) is 0 Å². The van der Waals surface area contributed by atoms with E-state index in [2.05, 4.69) is 29.4 Å². The van der Waals surface area contributed by atoms with Crippen LogP contribution in [0, 0.1) is 0 Å². The van der Waals surface area contributed by atoms with Gasteiger partial charge in [0.15, 0.2) is 5.41 Å². The Morgan fingerprint density at radius 2 is 1.41 bits per heavy atom. The van der Waals surface area contributed by atoms with E-state index in [1.165, 1.54) is 0 Å². The highest BCUT2D eigenvalue weighted by atomic mass is 16.2. The number of carbonyl (C=O) groups is 3. The molecule has 0 aromatic heterocycles.